The summed E-state index contributed by atoms with van der Waals surface area (Å²) in [5.41, 5.74) is 4.32. The summed E-state index contributed by atoms with van der Waals surface area (Å²) < 4.78 is 50.0. The van der Waals surface area contributed by atoms with E-state index in [1.165, 1.54) is 6.08 Å². The quantitative estimate of drug-likeness (QED) is 0.658. The van der Waals surface area contributed by atoms with Gasteiger partial charge in [0.1, 0.15) is 17.2 Å². The number of alkyl halides is 3. The summed E-state index contributed by atoms with van der Waals surface area (Å²) in [6, 6.07) is 7.44. The Morgan fingerprint density at radius 1 is 0.960 bits per heavy atom. The molecule has 0 saturated heterocycles. The van der Waals surface area contributed by atoms with Crippen LogP contribution in [0.4, 0.5) is 13.2 Å². The lowest BCUT2D eigenvalue weighted by molar-refractivity contribution is -0.180. The molecule has 1 aliphatic heterocycles. The molecule has 1 heterocycles. The summed E-state index contributed by atoms with van der Waals surface area (Å²) >= 11 is 0. The zero-order valence-electron chi connectivity index (χ0n) is 14.5. The van der Waals surface area contributed by atoms with E-state index in [-0.39, 0.29) is 5.75 Å². The van der Waals surface area contributed by atoms with E-state index in [0.29, 0.717) is 22.6 Å². The molecule has 0 N–H and O–H groups in total. The van der Waals surface area contributed by atoms with E-state index in [9.17, 15) is 13.2 Å². The van der Waals surface area contributed by atoms with Crippen molar-refractivity contribution in [3.8, 4) is 17.2 Å². The lowest BCUT2D eigenvalue weighted by Crippen LogP contribution is -2.34. The maximum absolute atomic E-state index is 12.9. The van der Waals surface area contributed by atoms with Crippen LogP contribution in [0, 0.1) is 27.7 Å². The van der Waals surface area contributed by atoms with E-state index in [2.05, 4.69) is 6.07 Å². The second-order valence-corrected chi connectivity index (χ2v) is 6.35. The molecular formula is C20H19F3O2. The van der Waals surface area contributed by atoms with Gasteiger partial charge < -0.3 is 9.47 Å². The van der Waals surface area contributed by atoms with Gasteiger partial charge in [0.15, 0.2) is 0 Å². The molecule has 1 aliphatic rings. The summed E-state index contributed by atoms with van der Waals surface area (Å²) in [6.07, 6.45) is -3.91. The minimum Gasteiger partial charge on any atom is -0.476 e. The number of rotatable bonds is 2. The van der Waals surface area contributed by atoms with Crippen LogP contribution in [-0.4, -0.2) is 12.3 Å². The van der Waals surface area contributed by atoms with Crippen molar-refractivity contribution in [3.63, 3.8) is 0 Å². The van der Waals surface area contributed by atoms with Gasteiger partial charge in [0.2, 0.25) is 6.10 Å². The third-order valence-corrected chi connectivity index (χ3v) is 4.39. The first-order valence-corrected chi connectivity index (χ1v) is 7.97. The van der Waals surface area contributed by atoms with Crippen molar-refractivity contribution >= 4 is 6.08 Å². The van der Waals surface area contributed by atoms with Gasteiger partial charge in [0.05, 0.1) is 0 Å². The first-order chi connectivity index (χ1) is 11.7. The molecule has 0 bridgehead atoms. The Kier molecular flexibility index (Phi) is 4.27. The highest BCUT2D eigenvalue weighted by molar-refractivity contribution is 5.65. The van der Waals surface area contributed by atoms with Gasteiger partial charge in [-0.25, -0.2) is 0 Å². The first kappa shape index (κ1) is 17.4. The highest BCUT2D eigenvalue weighted by Crippen LogP contribution is 2.40. The molecule has 25 heavy (non-hydrogen) atoms. The molecule has 0 aliphatic carbocycles. The number of aryl methyl sites for hydroxylation is 2. The number of hydrogen-bond donors (Lipinski definition) is 0. The maximum atomic E-state index is 12.9. The van der Waals surface area contributed by atoms with Crippen molar-refractivity contribution in [2.24, 2.45) is 0 Å². The Balaban J connectivity index is 1.98. The molecule has 1 unspecified atom stereocenters. The average molecular weight is 348 g/mol. The summed E-state index contributed by atoms with van der Waals surface area (Å²) in [4.78, 5) is 0. The van der Waals surface area contributed by atoms with E-state index < -0.39 is 12.3 Å². The van der Waals surface area contributed by atoms with Crippen LogP contribution in [-0.2, 0) is 0 Å². The molecule has 1 atom stereocenters. The van der Waals surface area contributed by atoms with Gasteiger partial charge in [-0.15, -0.1) is 0 Å². The number of hydrogen-bond acceptors (Lipinski definition) is 2. The molecule has 2 aromatic rings. The standard InChI is InChI=1S/C20H19F3O2/c1-11-9-12(2)13(3)17(10-11)24-16-7-5-15-6-8-18(20(21,22)23)25-19(15)14(16)4/h5-10,18H,1-4H3. The molecule has 0 saturated carbocycles. The molecule has 0 radical (unpaired) electrons. The lowest BCUT2D eigenvalue weighted by atomic mass is 10.0. The predicted octanol–water partition coefficient (Wildman–Crippen LogP) is 6.05. The molecule has 0 fully saturated rings. The molecular weight excluding hydrogens is 329 g/mol. The Morgan fingerprint density at radius 2 is 1.68 bits per heavy atom. The van der Waals surface area contributed by atoms with Crippen LogP contribution in [0.25, 0.3) is 6.08 Å². The van der Waals surface area contributed by atoms with Crippen LogP contribution >= 0.6 is 0 Å². The lowest BCUT2D eigenvalue weighted by Gasteiger charge is -2.25. The van der Waals surface area contributed by atoms with Gasteiger partial charge in [-0.3, -0.25) is 0 Å². The third-order valence-electron chi connectivity index (χ3n) is 4.39. The van der Waals surface area contributed by atoms with E-state index in [0.717, 1.165) is 22.8 Å². The Bertz CT molecular complexity index is 851. The van der Waals surface area contributed by atoms with Crippen LogP contribution in [0.5, 0.6) is 17.2 Å². The fraction of sp³-hybridized carbons (Fsp3) is 0.300. The fourth-order valence-corrected chi connectivity index (χ4v) is 2.85. The zero-order chi connectivity index (χ0) is 18.4. The number of ether oxygens (including phenoxy) is 2. The molecule has 132 valence electrons. The number of halogens is 3. The molecule has 2 aromatic carbocycles. The van der Waals surface area contributed by atoms with Crippen molar-refractivity contribution in [2.45, 2.75) is 40.0 Å². The normalized spacial score (nSPS) is 16.4. The predicted molar refractivity (Wildman–Crippen MR) is 91.4 cm³/mol. The minimum atomic E-state index is -4.44. The Labute approximate surface area is 144 Å². The van der Waals surface area contributed by atoms with E-state index in [1.54, 1.807) is 19.1 Å². The minimum absolute atomic E-state index is 0.212. The van der Waals surface area contributed by atoms with Crippen LogP contribution < -0.4 is 9.47 Å². The zero-order valence-corrected chi connectivity index (χ0v) is 14.5. The monoisotopic (exact) mass is 348 g/mol. The summed E-state index contributed by atoms with van der Waals surface area (Å²) in [7, 11) is 0. The topological polar surface area (TPSA) is 18.5 Å². The van der Waals surface area contributed by atoms with Crippen LogP contribution in [0.2, 0.25) is 0 Å². The highest BCUT2D eigenvalue weighted by Gasteiger charge is 2.41. The van der Waals surface area contributed by atoms with Crippen molar-refractivity contribution in [3.05, 3.63) is 58.2 Å². The van der Waals surface area contributed by atoms with Crippen LogP contribution in [0.3, 0.4) is 0 Å². The van der Waals surface area contributed by atoms with Gasteiger partial charge in [-0.1, -0.05) is 12.1 Å². The summed E-state index contributed by atoms with van der Waals surface area (Å²) in [5, 5.41) is 0. The van der Waals surface area contributed by atoms with Crippen molar-refractivity contribution < 1.29 is 22.6 Å². The molecule has 0 amide bonds. The van der Waals surface area contributed by atoms with Gasteiger partial charge >= 0.3 is 6.18 Å². The smallest absolute Gasteiger partial charge is 0.429 e. The third kappa shape index (κ3) is 3.36. The Hall–Kier alpha value is -2.43. The van der Waals surface area contributed by atoms with Crippen molar-refractivity contribution in [1.82, 2.24) is 0 Å². The molecule has 5 heteroatoms. The second-order valence-electron chi connectivity index (χ2n) is 6.35. The van der Waals surface area contributed by atoms with Gasteiger partial charge in [-0.2, -0.15) is 13.2 Å². The van der Waals surface area contributed by atoms with Crippen LogP contribution in [0.15, 0.2) is 30.3 Å². The molecule has 3 rings (SSSR count). The van der Waals surface area contributed by atoms with E-state index in [1.807, 2.05) is 26.8 Å². The number of fused-ring (bicyclic) bond motifs is 1. The summed E-state index contributed by atoms with van der Waals surface area (Å²) in [6.45, 7) is 7.63. The SMILES string of the molecule is Cc1cc(C)c(C)c(Oc2ccc3c(c2C)OC(C(F)(F)F)C=C3)c1. The van der Waals surface area contributed by atoms with E-state index >= 15 is 0 Å². The van der Waals surface area contributed by atoms with Crippen LogP contribution in [0.1, 0.15) is 27.8 Å². The van der Waals surface area contributed by atoms with E-state index in [4.69, 9.17) is 9.47 Å². The molecule has 0 aromatic heterocycles. The second kappa shape index (κ2) is 6.14. The largest absolute Gasteiger partial charge is 0.476 e. The summed E-state index contributed by atoms with van der Waals surface area (Å²) in [5.74, 6) is 1.40. The first-order valence-electron chi connectivity index (χ1n) is 7.97. The van der Waals surface area contributed by atoms with Gasteiger partial charge in [0, 0.05) is 11.1 Å². The van der Waals surface area contributed by atoms with Crippen molar-refractivity contribution in [1.29, 1.82) is 0 Å². The fourth-order valence-electron chi connectivity index (χ4n) is 2.85. The highest BCUT2D eigenvalue weighted by atomic mass is 19.4. The maximum Gasteiger partial charge on any atom is 0.429 e. The molecule has 0 spiro atoms. The Morgan fingerprint density at radius 3 is 2.36 bits per heavy atom. The van der Waals surface area contributed by atoms with Crippen molar-refractivity contribution in [2.75, 3.05) is 0 Å². The average Bonchev–Trinajstić information content (AvgIpc) is 2.53. The van der Waals surface area contributed by atoms with Gasteiger partial charge in [0.25, 0.3) is 0 Å². The van der Waals surface area contributed by atoms with Gasteiger partial charge in [-0.05, 0) is 68.7 Å². The molecule has 2 nitrogen and oxygen atoms in total. The number of benzene rings is 2.